The summed E-state index contributed by atoms with van der Waals surface area (Å²) in [6, 6.07) is 16.1. The van der Waals surface area contributed by atoms with Crippen LogP contribution in [0, 0.1) is 5.82 Å². The zero-order chi connectivity index (χ0) is 21.8. The zero-order valence-electron chi connectivity index (χ0n) is 18.0. The first kappa shape index (κ1) is 19.2. The lowest BCUT2D eigenvalue weighted by Crippen LogP contribution is -2.54. The van der Waals surface area contributed by atoms with E-state index in [0.29, 0.717) is 24.5 Å². The van der Waals surface area contributed by atoms with E-state index in [4.69, 9.17) is 0 Å². The fourth-order valence-corrected chi connectivity index (χ4v) is 4.96. The molecule has 1 N–H and O–H groups in total. The van der Waals surface area contributed by atoms with Crippen LogP contribution >= 0.6 is 0 Å². The quantitative estimate of drug-likeness (QED) is 0.466. The van der Waals surface area contributed by atoms with Crippen molar-refractivity contribution in [1.82, 2.24) is 30.1 Å². The predicted octanol–water partition coefficient (Wildman–Crippen LogP) is 3.49. The van der Waals surface area contributed by atoms with E-state index in [-0.39, 0.29) is 5.82 Å². The predicted molar refractivity (Wildman–Crippen MR) is 121 cm³/mol. The van der Waals surface area contributed by atoms with Crippen molar-refractivity contribution in [1.29, 1.82) is 0 Å². The molecule has 1 saturated heterocycles. The van der Waals surface area contributed by atoms with Gasteiger partial charge in [0.15, 0.2) is 0 Å². The SMILES string of the molecule is CC1CN(c2ccc3c(c2)Cn2cc(-c4ccc(F)cc4)cc2-c2nnnn2-3)CC(C)N1. The number of nitrogens with zero attached hydrogens (tertiary/aromatic N) is 6. The molecule has 2 aliphatic heterocycles. The van der Waals surface area contributed by atoms with Gasteiger partial charge in [-0.3, -0.25) is 0 Å². The number of halogens is 1. The van der Waals surface area contributed by atoms with Crippen molar-refractivity contribution in [2.75, 3.05) is 18.0 Å². The summed E-state index contributed by atoms with van der Waals surface area (Å²) in [6.45, 7) is 7.10. The third-order valence-corrected chi connectivity index (χ3v) is 6.33. The third-order valence-electron chi connectivity index (χ3n) is 6.33. The number of rotatable bonds is 2. The van der Waals surface area contributed by atoms with Gasteiger partial charge >= 0.3 is 0 Å². The first-order valence-corrected chi connectivity index (χ1v) is 10.9. The summed E-state index contributed by atoms with van der Waals surface area (Å²) in [5.41, 5.74) is 6.29. The van der Waals surface area contributed by atoms with Gasteiger partial charge < -0.3 is 14.8 Å². The van der Waals surface area contributed by atoms with E-state index in [9.17, 15) is 4.39 Å². The van der Waals surface area contributed by atoms with Gasteiger partial charge in [0.25, 0.3) is 0 Å². The fourth-order valence-electron chi connectivity index (χ4n) is 4.96. The summed E-state index contributed by atoms with van der Waals surface area (Å²) in [5.74, 6) is 0.464. The van der Waals surface area contributed by atoms with Crippen molar-refractivity contribution in [2.45, 2.75) is 32.5 Å². The molecule has 0 spiro atoms. The molecule has 8 heteroatoms. The summed E-state index contributed by atoms with van der Waals surface area (Å²) in [7, 11) is 0. The Morgan fingerprint density at radius 3 is 2.53 bits per heavy atom. The zero-order valence-corrected chi connectivity index (χ0v) is 18.0. The standard InChI is InChI=1S/C24H24FN7/c1-15-11-30(12-16(2)26-15)21-7-8-22-19(9-21)14-31-13-18(17-3-5-20(25)6-4-17)10-23(31)24-27-28-29-32(22)24/h3-10,13,15-16,26H,11-12,14H2,1-2H3. The highest BCUT2D eigenvalue weighted by molar-refractivity contribution is 5.71. The van der Waals surface area contributed by atoms with Crippen molar-refractivity contribution < 1.29 is 4.39 Å². The van der Waals surface area contributed by atoms with Gasteiger partial charge in [-0.05, 0) is 71.8 Å². The average Bonchev–Trinajstić information content (AvgIpc) is 3.38. The van der Waals surface area contributed by atoms with Gasteiger partial charge in [-0.1, -0.05) is 12.1 Å². The Morgan fingerprint density at radius 1 is 0.969 bits per heavy atom. The molecule has 2 aromatic heterocycles. The molecule has 2 atom stereocenters. The normalized spacial score (nSPS) is 19.8. The number of benzene rings is 2. The van der Waals surface area contributed by atoms with Crippen molar-refractivity contribution in [3.63, 3.8) is 0 Å². The number of tetrazole rings is 1. The van der Waals surface area contributed by atoms with Gasteiger partial charge in [-0.15, -0.1) is 5.10 Å². The largest absolute Gasteiger partial charge is 0.368 e. The minimum absolute atomic E-state index is 0.239. The third kappa shape index (κ3) is 3.18. The topological polar surface area (TPSA) is 63.8 Å². The van der Waals surface area contributed by atoms with Crippen LogP contribution in [0.2, 0.25) is 0 Å². The summed E-state index contributed by atoms with van der Waals surface area (Å²) >= 11 is 0. The Kier molecular flexibility index (Phi) is 4.36. The van der Waals surface area contributed by atoms with E-state index in [2.05, 4.69) is 74.6 Å². The molecule has 4 heterocycles. The summed E-state index contributed by atoms with van der Waals surface area (Å²) in [4.78, 5) is 2.44. The van der Waals surface area contributed by atoms with Crippen LogP contribution in [-0.4, -0.2) is 49.9 Å². The van der Waals surface area contributed by atoms with Crippen molar-refractivity contribution >= 4 is 5.69 Å². The molecule has 6 rings (SSSR count). The van der Waals surface area contributed by atoms with E-state index in [1.807, 2.05) is 4.68 Å². The maximum Gasteiger partial charge on any atom is 0.203 e. The number of hydrogen-bond donors (Lipinski definition) is 1. The molecule has 32 heavy (non-hydrogen) atoms. The Bertz CT molecular complexity index is 1280. The van der Waals surface area contributed by atoms with Crippen LogP contribution < -0.4 is 10.2 Å². The second-order valence-corrected chi connectivity index (χ2v) is 8.85. The maximum atomic E-state index is 13.4. The van der Waals surface area contributed by atoms with E-state index in [0.717, 1.165) is 41.2 Å². The Balaban J connectivity index is 1.43. The van der Waals surface area contributed by atoms with Gasteiger partial charge in [0.05, 0.1) is 11.4 Å². The van der Waals surface area contributed by atoms with Gasteiger partial charge in [-0.2, -0.15) is 4.68 Å². The van der Waals surface area contributed by atoms with E-state index in [1.165, 1.54) is 17.8 Å². The average molecular weight is 430 g/mol. The van der Waals surface area contributed by atoms with Crippen molar-refractivity contribution in [3.8, 4) is 28.3 Å². The first-order valence-electron chi connectivity index (χ1n) is 10.9. The highest BCUT2D eigenvalue weighted by atomic mass is 19.1. The van der Waals surface area contributed by atoms with Crippen molar-refractivity contribution in [2.24, 2.45) is 0 Å². The lowest BCUT2D eigenvalue weighted by molar-refractivity contribution is 0.407. The van der Waals surface area contributed by atoms with Crippen LogP contribution in [0.5, 0.6) is 0 Å². The molecule has 4 aromatic rings. The van der Waals surface area contributed by atoms with Crippen LogP contribution in [0.4, 0.5) is 10.1 Å². The molecule has 0 aliphatic carbocycles. The van der Waals surface area contributed by atoms with Crippen LogP contribution in [0.3, 0.4) is 0 Å². The van der Waals surface area contributed by atoms with Gasteiger partial charge in [0.2, 0.25) is 5.82 Å². The number of anilines is 1. The minimum Gasteiger partial charge on any atom is -0.368 e. The second-order valence-electron chi connectivity index (χ2n) is 8.85. The van der Waals surface area contributed by atoms with E-state index in [1.54, 1.807) is 12.1 Å². The van der Waals surface area contributed by atoms with E-state index < -0.39 is 0 Å². The van der Waals surface area contributed by atoms with Crippen molar-refractivity contribution in [3.05, 3.63) is 66.1 Å². The molecule has 0 bridgehead atoms. The Morgan fingerprint density at radius 2 is 1.75 bits per heavy atom. The van der Waals surface area contributed by atoms with Gasteiger partial charge in [-0.25, -0.2) is 4.39 Å². The molecular weight excluding hydrogens is 405 g/mol. The highest BCUT2D eigenvalue weighted by Gasteiger charge is 2.26. The Hall–Kier alpha value is -3.52. The van der Waals surface area contributed by atoms with Crippen LogP contribution in [0.15, 0.2) is 54.7 Å². The monoisotopic (exact) mass is 429 g/mol. The molecule has 2 unspecified atom stereocenters. The fraction of sp³-hybridized carbons (Fsp3) is 0.292. The molecule has 0 saturated carbocycles. The molecule has 2 aromatic carbocycles. The summed E-state index contributed by atoms with van der Waals surface area (Å²) < 4.78 is 17.4. The summed E-state index contributed by atoms with van der Waals surface area (Å²) in [6.07, 6.45) is 2.10. The molecule has 2 aliphatic rings. The number of fused-ring (bicyclic) bond motifs is 5. The van der Waals surface area contributed by atoms with Gasteiger partial charge in [0, 0.05) is 49.2 Å². The maximum absolute atomic E-state index is 13.4. The molecule has 7 nitrogen and oxygen atoms in total. The molecule has 1 fully saturated rings. The molecule has 0 amide bonds. The van der Waals surface area contributed by atoms with Crippen LogP contribution in [0.1, 0.15) is 19.4 Å². The summed E-state index contributed by atoms with van der Waals surface area (Å²) in [5, 5.41) is 16.1. The lowest BCUT2D eigenvalue weighted by atomic mass is 10.1. The number of hydrogen-bond acceptors (Lipinski definition) is 5. The molecule has 162 valence electrons. The molecule has 0 radical (unpaired) electrons. The van der Waals surface area contributed by atoms with E-state index >= 15 is 0 Å². The van der Waals surface area contributed by atoms with Crippen LogP contribution in [-0.2, 0) is 6.54 Å². The molecular formula is C24H24FN7. The number of aromatic nitrogens is 5. The number of piperazine rings is 1. The first-order chi connectivity index (χ1) is 15.5. The lowest BCUT2D eigenvalue weighted by Gasteiger charge is -2.38. The Labute approximate surface area is 185 Å². The van der Waals surface area contributed by atoms with Gasteiger partial charge in [0.1, 0.15) is 5.82 Å². The minimum atomic E-state index is -0.239. The van der Waals surface area contributed by atoms with Crippen LogP contribution in [0.25, 0.3) is 28.3 Å². The smallest absolute Gasteiger partial charge is 0.203 e. The highest BCUT2D eigenvalue weighted by Crippen LogP contribution is 2.34. The number of nitrogens with one attached hydrogen (secondary N) is 1. The second kappa shape index (κ2) is 7.27.